The zero-order chi connectivity index (χ0) is 14.7. The minimum absolute atomic E-state index is 0.0293. The third kappa shape index (κ3) is 2.54. The van der Waals surface area contributed by atoms with Crippen LogP contribution in [-0.2, 0) is 19.1 Å². The number of hydrogen-bond acceptors (Lipinski definition) is 4. The highest BCUT2D eigenvalue weighted by molar-refractivity contribution is 5.97. The minimum Gasteiger partial charge on any atom is -0.469 e. The van der Waals surface area contributed by atoms with Gasteiger partial charge in [0.05, 0.1) is 13.0 Å². The van der Waals surface area contributed by atoms with Gasteiger partial charge < -0.3 is 14.4 Å². The van der Waals surface area contributed by atoms with Crippen LogP contribution in [-0.4, -0.2) is 38.7 Å². The molecule has 20 heavy (non-hydrogen) atoms. The molecule has 108 valence electrons. The van der Waals surface area contributed by atoms with E-state index in [2.05, 4.69) is 0 Å². The number of para-hydroxylation sites is 1. The van der Waals surface area contributed by atoms with Gasteiger partial charge in [-0.3, -0.25) is 9.59 Å². The van der Waals surface area contributed by atoms with Gasteiger partial charge in [0.25, 0.3) is 5.91 Å². The largest absolute Gasteiger partial charge is 0.469 e. The number of carbonyl (C=O) groups excluding carboxylic acids is 2. The summed E-state index contributed by atoms with van der Waals surface area (Å²) < 4.78 is 9.80. The molecule has 2 unspecified atom stereocenters. The Hall–Kier alpha value is -1.88. The number of ether oxygens (including phenoxy) is 2. The molecule has 0 N–H and O–H groups in total. The standard InChI is InChI=1S/C15H19NO4/c1-10-8-12(15(18)20-3)11-6-4-5-7-13(11)16(10)14(17)9-19-2/h4-7,10,12H,8-9H2,1-3H3. The molecular weight excluding hydrogens is 258 g/mol. The highest BCUT2D eigenvalue weighted by Crippen LogP contribution is 2.38. The molecule has 0 aliphatic carbocycles. The Morgan fingerprint density at radius 3 is 2.65 bits per heavy atom. The van der Waals surface area contributed by atoms with Crippen LogP contribution >= 0.6 is 0 Å². The fourth-order valence-corrected chi connectivity index (χ4v) is 2.75. The molecule has 0 bridgehead atoms. The second kappa shape index (κ2) is 6.05. The molecule has 2 atom stereocenters. The summed E-state index contributed by atoms with van der Waals surface area (Å²) in [4.78, 5) is 25.8. The second-order valence-corrected chi connectivity index (χ2v) is 4.92. The summed E-state index contributed by atoms with van der Waals surface area (Å²) in [6, 6.07) is 7.38. The predicted octanol–water partition coefficient (Wildman–Crippen LogP) is 1.71. The number of carbonyl (C=O) groups is 2. The van der Waals surface area contributed by atoms with Crippen molar-refractivity contribution in [2.45, 2.75) is 25.3 Å². The maximum Gasteiger partial charge on any atom is 0.313 e. The number of amides is 1. The van der Waals surface area contributed by atoms with Gasteiger partial charge >= 0.3 is 5.97 Å². The molecule has 0 saturated heterocycles. The Morgan fingerprint density at radius 1 is 1.30 bits per heavy atom. The summed E-state index contributed by atoms with van der Waals surface area (Å²) in [6.45, 7) is 1.96. The van der Waals surface area contributed by atoms with Crippen molar-refractivity contribution in [1.29, 1.82) is 0 Å². The summed E-state index contributed by atoms with van der Waals surface area (Å²) in [6.07, 6.45) is 0.555. The summed E-state index contributed by atoms with van der Waals surface area (Å²) in [5.74, 6) is -0.684. The maximum absolute atomic E-state index is 12.2. The molecule has 1 aliphatic rings. The monoisotopic (exact) mass is 277 g/mol. The van der Waals surface area contributed by atoms with Crippen LogP contribution in [0.25, 0.3) is 0 Å². The smallest absolute Gasteiger partial charge is 0.313 e. The first-order valence-corrected chi connectivity index (χ1v) is 6.58. The molecule has 5 nitrogen and oxygen atoms in total. The van der Waals surface area contributed by atoms with E-state index in [9.17, 15) is 9.59 Å². The molecular formula is C15H19NO4. The van der Waals surface area contributed by atoms with Crippen molar-refractivity contribution >= 4 is 17.6 Å². The Balaban J connectivity index is 2.43. The SMILES string of the molecule is COCC(=O)N1c2ccccc2C(C(=O)OC)CC1C. The van der Waals surface area contributed by atoms with Crippen LogP contribution in [0.15, 0.2) is 24.3 Å². The normalized spacial score (nSPS) is 21.2. The molecule has 0 saturated carbocycles. The first-order chi connectivity index (χ1) is 9.60. The van der Waals surface area contributed by atoms with Crippen LogP contribution in [0.2, 0.25) is 0 Å². The zero-order valence-electron chi connectivity index (χ0n) is 12.0. The van der Waals surface area contributed by atoms with Crippen molar-refractivity contribution < 1.29 is 19.1 Å². The Morgan fingerprint density at radius 2 is 2.00 bits per heavy atom. The van der Waals surface area contributed by atoms with E-state index in [0.29, 0.717) is 6.42 Å². The fraction of sp³-hybridized carbons (Fsp3) is 0.467. The lowest BCUT2D eigenvalue weighted by Crippen LogP contribution is -2.46. The first kappa shape index (κ1) is 14.5. The summed E-state index contributed by atoms with van der Waals surface area (Å²) in [5.41, 5.74) is 1.60. The molecule has 1 heterocycles. The van der Waals surface area contributed by atoms with E-state index in [1.54, 1.807) is 4.90 Å². The van der Waals surface area contributed by atoms with Crippen LogP contribution in [0.1, 0.15) is 24.8 Å². The Kier molecular flexibility index (Phi) is 4.39. The number of nitrogens with zero attached hydrogens (tertiary/aromatic N) is 1. The lowest BCUT2D eigenvalue weighted by Gasteiger charge is -2.38. The fourth-order valence-electron chi connectivity index (χ4n) is 2.75. The van der Waals surface area contributed by atoms with Crippen molar-refractivity contribution in [2.24, 2.45) is 0 Å². The third-order valence-corrected chi connectivity index (χ3v) is 3.61. The van der Waals surface area contributed by atoms with Crippen molar-refractivity contribution in [3.63, 3.8) is 0 Å². The molecule has 1 amide bonds. The van der Waals surface area contributed by atoms with Gasteiger partial charge in [0, 0.05) is 18.8 Å². The first-order valence-electron chi connectivity index (χ1n) is 6.58. The molecule has 2 rings (SSSR count). The molecule has 0 fully saturated rings. The van der Waals surface area contributed by atoms with Crippen molar-refractivity contribution in [2.75, 3.05) is 25.7 Å². The van der Waals surface area contributed by atoms with Crippen LogP contribution in [0.3, 0.4) is 0 Å². The summed E-state index contributed by atoms with van der Waals surface area (Å²) in [5, 5.41) is 0. The minimum atomic E-state index is -0.321. The lowest BCUT2D eigenvalue weighted by molar-refractivity contribution is -0.143. The zero-order valence-corrected chi connectivity index (χ0v) is 12.0. The molecule has 1 aromatic rings. The number of methoxy groups -OCH3 is 2. The second-order valence-electron chi connectivity index (χ2n) is 4.92. The van der Waals surface area contributed by atoms with Crippen LogP contribution < -0.4 is 4.90 Å². The Bertz CT molecular complexity index is 514. The number of esters is 1. The van der Waals surface area contributed by atoms with Gasteiger partial charge in [-0.1, -0.05) is 18.2 Å². The number of anilines is 1. The number of fused-ring (bicyclic) bond motifs is 1. The van der Waals surface area contributed by atoms with E-state index >= 15 is 0 Å². The average molecular weight is 277 g/mol. The van der Waals surface area contributed by atoms with Crippen LogP contribution in [0, 0.1) is 0 Å². The quantitative estimate of drug-likeness (QED) is 0.789. The van der Waals surface area contributed by atoms with Gasteiger partial charge in [-0.25, -0.2) is 0 Å². The molecule has 0 radical (unpaired) electrons. The third-order valence-electron chi connectivity index (χ3n) is 3.61. The number of hydrogen-bond donors (Lipinski definition) is 0. The van der Waals surface area contributed by atoms with Gasteiger partial charge in [-0.2, -0.15) is 0 Å². The van der Waals surface area contributed by atoms with Crippen LogP contribution in [0.5, 0.6) is 0 Å². The topological polar surface area (TPSA) is 55.8 Å². The number of rotatable bonds is 3. The van der Waals surface area contributed by atoms with Gasteiger partial charge in [0.15, 0.2) is 0 Å². The molecule has 1 aromatic carbocycles. The van der Waals surface area contributed by atoms with E-state index < -0.39 is 0 Å². The van der Waals surface area contributed by atoms with E-state index in [1.165, 1.54) is 14.2 Å². The van der Waals surface area contributed by atoms with Gasteiger partial charge in [0.1, 0.15) is 6.61 Å². The van der Waals surface area contributed by atoms with Crippen LogP contribution in [0.4, 0.5) is 5.69 Å². The maximum atomic E-state index is 12.2. The van der Waals surface area contributed by atoms with Gasteiger partial charge in [-0.15, -0.1) is 0 Å². The summed E-state index contributed by atoms with van der Waals surface area (Å²) >= 11 is 0. The highest BCUT2D eigenvalue weighted by atomic mass is 16.5. The highest BCUT2D eigenvalue weighted by Gasteiger charge is 2.37. The van der Waals surface area contributed by atoms with Gasteiger partial charge in [0.2, 0.25) is 0 Å². The van der Waals surface area contributed by atoms with Gasteiger partial charge in [-0.05, 0) is 25.0 Å². The molecule has 0 aromatic heterocycles. The van der Waals surface area contributed by atoms with E-state index in [4.69, 9.17) is 9.47 Å². The average Bonchev–Trinajstić information content (AvgIpc) is 2.45. The molecule has 0 spiro atoms. The molecule has 5 heteroatoms. The molecule has 1 aliphatic heterocycles. The van der Waals surface area contributed by atoms with Crippen molar-refractivity contribution in [3.8, 4) is 0 Å². The van der Waals surface area contributed by atoms with E-state index in [-0.39, 0.29) is 30.4 Å². The lowest BCUT2D eigenvalue weighted by atomic mass is 9.86. The Labute approximate surface area is 118 Å². The predicted molar refractivity (Wildman–Crippen MR) is 74.6 cm³/mol. The van der Waals surface area contributed by atoms with E-state index in [0.717, 1.165) is 11.3 Å². The summed E-state index contributed by atoms with van der Waals surface area (Å²) in [7, 11) is 2.88. The number of benzene rings is 1. The van der Waals surface area contributed by atoms with Crippen molar-refractivity contribution in [3.05, 3.63) is 29.8 Å². The van der Waals surface area contributed by atoms with Crippen molar-refractivity contribution in [1.82, 2.24) is 0 Å². The van der Waals surface area contributed by atoms with E-state index in [1.807, 2.05) is 31.2 Å².